The first-order valence-electron chi connectivity index (χ1n) is 5.92. The standard InChI is InChI=1S/C12H25NO2/c1-5-6-11(14)8-13-12(15)7-10(4)9(2)3/h9-11,14H,5-8H2,1-4H3,(H,13,15). The molecule has 0 radical (unpaired) electrons. The van der Waals surface area contributed by atoms with Gasteiger partial charge in [0.05, 0.1) is 6.10 Å². The topological polar surface area (TPSA) is 49.3 Å². The summed E-state index contributed by atoms with van der Waals surface area (Å²) < 4.78 is 0. The van der Waals surface area contributed by atoms with Gasteiger partial charge < -0.3 is 10.4 Å². The van der Waals surface area contributed by atoms with Crippen LogP contribution in [0.1, 0.15) is 47.0 Å². The molecule has 0 aromatic rings. The molecule has 2 N–H and O–H groups in total. The molecule has 3 heteroatoms. The van der Waals surface area contributed by atoms with E-state index in [-0.39, 0.29) is 5.91 Å². The maximum absolute atomic E-state index is 11.4. The molecule has 1 amide bonds. The molecule has 0 spiro atoms. The third kappa shape index (κ3) is 7.37. The lowest BCUT2D eigenvalue weighted by molar-refractivity contribution is -0.122. The summed E-state index contributed by atoms with van der Waals surface area (Å²) in [5, 5.41) is 12.2. The van der Waals surface area contributed by atoms with Crippen molar-refractivity contribution in [3.05, 3.63) is 0 Å². The van der Waals surface area contributed by atoms with Crippen LogP contribution in [-0.4, -0.2) is 23.7 Å². The fourth-order valence-corrected chi connectivity index (χ4v) is 1.27. The molecule has 15 heavy (non-hydrogen) atoms. The molecule has 2 unspecified atom stereocenters. The van der Waals surface area contributed by atoms with E-state index in [4.69, 9.17) is 0 Å². The molecule has 0 rings (SSSR count). The lowest BCUT2D eigenvalue weighted by Crippen LogP contribution is -2.33. The number of aliphatic hydroxyl groups excluding tert-OH is 1. The molecule has 3 nitrogen and oxygen atoms in total. The predicted octanol–water partition coefficient (Wildman–Crippen LogP) is 1.95. The number of carbonyl (C=O) groups excluding carboxylic acids is 1. The van der Waals surface area contributed by atoms with Gasteiger partial charge in [-0.3, -0.25) is 4.79 Å². The first-order valence-corrected chi connectivity index (χ1v) is 5.92. The Morgan fingerprint density at radius 3 is 2.40 bits per heavy atom. The van der Waals surface area contributed by atoms with Gasteiger partial charge in [-0.25, -0.2) is 0 Å². The number of amides is 1. The van der Waals surface area contributed by atoms with Crippen LogP contribution < -0.4 is 5.32 Å². The van der Waals surface area contributed by atoms with Crippen molar-refractivity contribution in [2.24, 2.45) is 11.8 Å². The van der Waals surface area contributed by atoms with Gasteiger partial charge in [-0.1, -0.05) is 34.1 Å². The van der Waals surface area contributed by atoms with Crippen LogP contribution in [0.4, 0.5) is 0 Å². The molecule has 0 heterocycles. The van der Waals surface area contributed by atoms with Gasteiger partial charge in [0.25, 0.3) is 0 Å². The minimum atomic E-state index is -0.395. The molecule has 0 aliphatic heterocycles. The molecule has 0 aliphatic carbocycles. The molecule has 0 saturated heterocycles. The van der Waals surface area contributed by atoms with Gasteiger partial charge in [0.1, 0.15) is 0 Å². The molecule has 0 aromatic heterocycles. The normalized spacial score (nSPS) is 15.1. The highest BCUT2D eigenvalue weighted by Gasteiger charge is 2.13. The average molecular weight is 215 g/mol. The number of hydrogen-bond donors (Lipinski definition) is 2. The van der Waals surface area contributed by atoms with Crippen molar-refractivity contribution in [3.63, 3.8) is 0 Å². The predicted molar refractivity (Wildman–Crippen MR) is 62.5 cm³/mol. The van der Waals surface area contributed by atoms with E-state index in [9.17, 15) is 9.90 Å². The van der Waals surface area contributed by atoms with Gasteiger partial charge in [-0.15, -0.1) is 0 Å². The largest absolute Gasteiger partial charge is 0.391 e. The maximum atomic E-state index is 11.4. The zero-order valence-electron chi connectivity index (χ0n) is 10.4. The zero-order valence-corrected chi connectivity index (χ0v) is 10.4. The van der Waals surface area contributed by atoms with Crippen LogP contribution in [0.25, 0.3) is 0 Å². The SMILES string of the molecule is CCCC(O)CNC(=O)CC(C)C(C)C. The lowest BCUT2D eigenvalue weighted by Gasteiger charge is -2.16. The Balaban J connectivity index is 3.66. The highest BCUT2D eigenvalue weighted by molar-refractivity contribution is 5.76. The zero-order chi connectivity index (χ0) is 11.8. The van der Waals surface area contributed by atoms with Crippen molar-refractivity contribution in [1.82, 2.24) is 5.32 Å². The first-order chi connectivity index (χ1) is 6.97. The van der Waals surface area contributed by atoms with E-state index in [0.29, 0.717) is 24.8 Å². The molecule has 0 fully saturated rings. The summed E-state index contributed by atoms with van der Waals surface area (Å²) in [5.74, 6) is 0.969. The van der Waals surface area contributed by atoms with Gasteiger partial charge in [0, 0.05) is 13.0 Å². The summed E-state index contributed by atoms with van der Waals surface area (Å²) in [5.41, 5.74) is 0. The Morgan fingerprint density at radius 2 is 1.93 bits per heavy atom. The summed E-state index contributed by atoms with van der Waals surface area (Å²) in [6.45, 7) is 8.71. The van der Waals surface area contributed by atoms with Crippen LogP contribution in [0.2, 0.25) is 0 Å². The second-order valence-corrected chi connectivity index (χ2v) is 4.67. The number of nitrogens with one attached hydrogen (secondary N) is 1. The Bertz CT molecular complexity index is 180. The van der Waals surface area contributed by atoms with E-state index in [1.165, 1.54) is 0 Å². The van der Waals surface area contributed by atoms with Crippen LogP contribution >= 0.6 is 0 Å². The fourth-order valence-electron chi connectivity index (χ4n) is 1.27. The van der Waals surface area contributed by atoms with Crippen LogP contribution in [0, 0.1) is 11.8 Å². The monoisotopic (exact) mass is 215 g/mol. The van der Waals surface area contributed by atoms with E-state index in [2.05, 4.69) is 26.1 Å². The highest BCUT2D eigenvalue weighted by Crippen LogP contribution is 2.13. The molecule has 90 valence electrons. The summed E-state index contributed by atoms with van der Waals surface area (Å²) in [6.07, 6.45) is 1.85. The van der Waals surface area contributed by atoms with Gasteiger partial charge >= 0.3 is 0 Å². The van der Waals surface area contributed by atoms with E-state index in [1.807, 2.05) is 6.92 Å². The molecule has 2 atom stereocenters. The maximum Gasteiger partial charge on any atom is 0.220 e. The number of carbonyl (C=O) groups is 1. The molecule has 0 aromatic carbocycles. The van der Waals surface area contributed by atoms with Gasteiger partial charge in [0.2, 0.25) is 5.91 Å². The van der Waals surface area contributed by atoms with Gasteiger partial charge in [-0.2, -0.15) is 0 Å². The smallest absolute Gasteiger partial charge is 0.220 e. The van der Waals surface area contributed by atoms with Crippen LogP contribution in [0.3, 0.4) is 0 Å². The van der Waals surface area contributed by atoms with E-state index in [0.717, 1.165) is 12.8 Å². The summed E-state index contributed by atoms with van der Waals surface area (Å²) in [6, 6.07) is 0. The summed E-state index contributed by atoms with van der Waals surface area (Å²) in [4.78, 5) is 11.4. The average Bonchev–Trinajstić information content (AvgIpc) is 2.15. The molecular weight excluding hydrogens is 190 g/mol. The molecule has 0 bridgehead atoms. The fraction of sp³-hybridized carbons (Fsp3) is 0.917. The minimum Gasteiger partial charge on any atom is -0.391 e. The number of rotatable bonds is 7. The van der Waals surface area contributed by atoms with Crippen LogP contribution in [-0.2, 0) is 4.79 Å². The van der Waals surface area contributed by atoms with Crippen molar-refractivity contribution in [1.29, 1.82) is 0 Å². The Labute approximate surface area is 93.3 Å². The second kappa shape index (κ2) is 7.69. The molecule has 0 aliphatic rings. The van der Waals surface area contributed by atoms with Gasteiger partial charge in [-0.05, 0) is 18.3 Å². The van der Waals surface area contributed by atoms with Gasteiger partial charge in [0.15, 0.2) is 0 Å². The first kappa shape index (κ1) is 14.4. The number of hydrogen-bond acceptors (Lipinski definition) is 2. The Morgan fingerprint density at radius 1 is 1.33 bits per heavy atom. The van der Waals surface area contributed by atoms with Crippen molar-refractivity contribution in [2.75, 3.05) is 6.54 Å². The van der Waals surface area contributed by atoms with Crippen LogP contribution in [0.5, 0.6) is 0 Å². The minimum absolute atomic E-state index is 0.0475. The second-order valence-electron chi connectivity index (χ2n) is 4.67. The van der Waals surface area contributed by atoms with Crippen molar-refractivity contribution in [2.45, 2.75) is 53.1 Å². The third-order valence-corrected chi connectivity index (χ3v) is 2.80. The van der Waals surface area contributed by atoms with E-state index in [1.54, 1.807) is 0 Å². The van der Waals surface area contributed by atoms with Crippen molar-refractivity contribution in [3.8, 4) is 0 Å². The molecule has 0 saturated carbocycles. The third-order valence-electron chi connectivity index (χ3n) is 2.80. The van der Waals surface area contributed by atoms with Crippen LogP contribution in [0.15, 0.2) is 0 Å². The summed E-state index contributed by atoms with van der Waals surface area (Å²) in [7, 11) is 0. The molecular formula is C12H25NO2. The van der Waals surface area contributed by atoms with Crippen molar-refractivity contribution >= 4 is 5.91 Å². The Kier molecular flexibility index (Phi) is 7.39. The van der Waals surface area contributed by atoms with E-state index < -0.39 is 6.10 Å². The Hall–Kier alpha value is -0.570. The quantitative estimate of drug-likeness (QED) is 0.682. The van der Waals surface area contributed by atoms with Crippen molar-refractivity contribution < 1.29 is 9.90 Å². The number of aliphatic hydroxyl groups is 1. The van der Waals surface area contributed by atoms with E-state index >= 15 is 0 Å². The lowest BCUT2D eigenvalue weighted by atomic mass is 9.94. The highest BCUT2D eigenvalue weighted by atomic mass is 16.3. The summed E-state index contributed by atoms with van der Waals surface area (Å²) >= 11 is 0.